The van der Waals surface area contributed by atoms with Crippen molar-refractivity contribution in [2.24, 2.45) is 0 Å². The molecule has 0 amide bonds. The Hall–Kier alpha value is -2.52. The van der Waals surface area contributed by atoms with E-state index in [0.717, 1.165) is 29.1 Å². The van der Waals surface area contributed by atoms with E-state index in [2.05, 4.69) is 28.7 Å². The topological polar surface area (TPSA) is 75.7 Å². The Morgan fingerprint density at radius 3 is 2.56 bits per heavy atom. The summed E-state index contributed by atoms with van der Waals surface area (Å²) in [7, 11) is -2.59. The molecule has 1 N–H and O–H groups in total. The Balaban J connectivity index is 1.61. The molecule has 1 aromatic heterocycles. The number of methoxy groups -OCH3 is 1. The van der Waals surface area contributed by atoms with E-state index in [-0.39, 0.29) is 16.3 Å². The van der Waals surface area contributed by atoms with Gasteiger partial charge >= 0.3 is 5.97 Å². The molecule has 4 rings (SSSR count). The van der Waals surface area contributed by atoms with E-state index in [4.69, 9.17) is 4.74 Å². The predicted molar refractivity (Wildman–Crippen MR) is 125 cm³/mol. The number of nitrogens with zero attached hydrogens (tertiary/aromatic N) is 1. The number of carbonyl (C=O) groups excluding carboxylic acids is 1. The van der Waals surface area contributed by atoms with Crippen LogP contribution >= 0.6 is 11.3 Å². The lowest BCUT2D eigenvalue weighted by Gasteiger charge is -2.27. The summed E-state index contributed by atoms with van der Waals surface area (Å²) in [6.45, 7) is 4.39. The summed E-state index contributed by atoms with van der Waals surface area (Å²) in [6.07, 6.45) is 0.607. The van der Waals surface area contributed by atoms with Crippen LogP contribution in [0.2, 0.25) is 0 Å². The summed E-state index contributed by atoms with van der Waals surface area (Å²) in [4.78, 5) is 15.8. The predicted octanol–water partition coefficient (Wildman–Crippen LogP) is 3.88. The summed E-state index contributed by atoms with van der Waals surface area (Å²) in [5, 5.41) is 0. The Morgan fingerprint density at radius 1 is 1.12 bits per heavy atom. The normalized spacial score (nSPS) is 14.2. The van der Waals surface area contributed by atoms with Crippen molar-refractivity contribution in [3.63, 3.8) is 0 Å². The monoisotopic (exact) mass is 470 g/mol. The number of fused-ring (bicyclic) bond motifs is 1. The maximum atomic E-state index is 13.2. The highest BCUT2D eigenvalue weighted by molar-refractivity contribution is 7.91. The molecule has 0 aliphatic carbocycles. The first-order chi connectivity index (χ1) is 15.4. The third-order valence-corrected chi connectivity index (χ3v) is 8.84. The van der Waals surface area contributed by atoms with Gasteiger partial charge in [0.15, 0.2) is 0 Å². The van der Waals surface area contributed by atoms with Crippen LogP contribution in [-0.2, 0) is 40.8 Å². The maximum absolute atomic E-state index is 13.2. The van der Waals surface area contributed by atoms with Gasteiger partial charge in [-0.05, 0) is 35.6 Å². The van der Waals surface area contributed by atoms with Crippen molar-refractivity contribution in [2.45, 2.75) is 37.2 Å². The second kappa shape index (κ2) is 9.54. The third kappa shape index (κ3) is 4.78. The third-order valence-electron chi connectivity index (χ3n) is 5.70. The minimum absolute atomic E-state index is 0.0445. The quantitative estimate of drug-likeness (QED) is 0.531. The van der Waals surface area contributed by atoms with Gasteiger partial charge in [0.2, 0.25) is 0 Å². The zero-order valence-electron chi connectivity index (χ0n) is 18.1. The molecular formula is C24H26N2O4S2. The van der Waals surface area contributed by atoms with Crippen LogP contribution < -0.4 is 4.72 Å². The zero-order valence-corrected chi connectivity index (χ0v) is 19.8. The lowest BCUT2D eigenvalue weighted by atomic mass is 10.0. The van der Waals surface area contributed by atoms with Gasteiger partial charge in [0.25, 0.3) is 10.0 Å². The largest absolute Gasteiger partial charge is 0.465 e. The molecule has 3 aromatic rings. The van der Waals surface area contributed by atoms with Crippen molar-refractivity contribution >= 4 is 27.3 Å². The van der Waals surface area contributed by atoms with Crippen LogP contribution in [0.4, 0.5) is 0 Å². The Labute approximate surface area is 192 Å². The number of esters is 1. The smallest absolute Gasteiger partial charge is 0.340 e. The Morgan fingerprint density at radius 2 is 1.84 bits per heavy atom. The molecule has 0 saturated carbocycles. The van der Waals surface area contributed by atoms with Crippen molar-refractivity contribution in [3.8, 4) is 0 Å². The Kier molecular flexibility index (Phi) is 6.76. The number of carbonyl (C=O) groups is 1. The zero-order chi connectivity index (χ0) is 22.7. The number of aryl methyl sites for hydroxylation is 1. The van der Waals surface area contributed by atoms with Crippen molar-refractivity contribution in [1.29, 1.82) is 0 Å². The molecular weight excluding hydrogens is 444 g/mol. The highest BCUT2D eigenvalue weighted by Gasteiger charge is 2.34. The molecule has 32 heavy (non-hydrogen) atoms. The molecule has 0 unspecified atom stereocenters. The second-order valence-electron chi connectivity index (χ2n) is 7.86. The Bertz CT molecular complexity index is 1220. The van der Waals surface area contributed by atoms with Gasteiger partial charge in [0.05, 0.1) is 12.7 Å². The number of hydrogen-bond acceptors (Lipinski definition) is 6. The molecule has 0 atom stereocenters. The molecule has 2 aromatic carbocycles. The fraction of sp³-hybridized carbons (Fsp3) is 0.292. The van der Waals surface area contributed by atoms with Gasteiger partial charge in [-0.25, -0.2) is 17.9 Å². The summed E-state index contributed by atoms with van der Waals surface area (Å²) in [6, 6.07) is 17.6. The molecule has 168 valence electrons. The molecule has 0 bridgehead atoms. The summed E-state index contributed by atoms with van der Waals surface area (Å²) < 4.78 is 34.0. The number of sulfonamides is 1. The van der Waals surface area contributed by atoms with Crippen molar-refractivity contribution in [2.75, 3.05) is 13.7 Å². The number of nitrogens with one attached hydrogen (secondary N) is 1. The van der Waals surface area contributed by atoms with Gasteiger partial charge in [-0.1, -0.05) is 54.6 Å². The van der Waals surface area contributed by atoms with E-state index in [1.807, 2.05) is 42.5 Å². The van der Waals surface area contributed by atoms with Crippen LogP contribution in [0.3, 0.4) is 0 Å². The first kappa shape index (κ1) is 22.7. The standard InChI is InChI=1S/C24H26N2O4S2/c1-17-8-6-7-11-19(17)15-26-13-12-20-21(16-26)31-24(22(20)23(27)30-2)32(28,29)25-14-18-9-4-3-5-10-18/h3-11,25H,12-16H2,1-2H3. The van der Waals surface area contributed by atoms with Crippen LogP contribution in [0.25, 0.3) is 0 Å². The number of hydrogen-bond donors (Lipinski definition) is 1. The van der Waals surface area contributed by atoms with Crippen LogP contribution in [-0.4, -0.2) is 32.9 Å². The average molecular weight is 471 g/mol. The number of benzene rings is 2. The summed E-state index contributed by atoms with van der Waals surface area (Å²) in [5.41, 5.74) is 4.30. The van der Waals surface area contributed by atoms with Gasteiger partial charge in [-0.3, -0.25) is 4.90 Å². The van der Waals surface area contributed by atoms with Crippen LogP contribution in [0.1, 0.15) is 37.5 Å². The molecule has 1 aliphatic rings. The molecule has 8 heteroatoms. The van der Waals surface area contributed by atoms with Crippen molar-refractivity contribution in [3.05, 3.63) is 87.3 Å². The maximum Gasteiger partial charge on any atom is 0.340 e. The molecule has 1 aliphatic heterocycles. The highest BCUT2D eigenvalue weighted by Crippen LogP contribution is 2.37. The molecule has 0 spiro atoms. The van der Waals surface area contributed by atoms with Gasteiger partial charge in [-0.2, -0.15) is 0 Å². The molecule has 0 fully saturated rings. The van der Waals surface area contributed by atoms with Crippen LogP contribution in [0.15, 0.2) is 58.8 Å². The van der Waals surface area contributed by atoms with Crippen LogP contribution in [0.5, 0.6) is 0 Å². The van der Waals surface area contributed by atoms with E-state index < -0.39 is 16.0 Å². The minimum atomic E-state index is -3.87. The second-order valence-corrected chi connectivity index (χ2v) is 10.9. The SMILES string of the molecule is COC(=O)c1c(S(=O)(=O)NCc2ccccc2)sc2c1CCN(Cc1ccccc1C)C2. The van der Waals surface area contributed by atoms with Crippen molar-refractivity contribution in [1.82, 2.24) is 9.62 Å². The van der Waals surface area contributed by atoms with Gasteiger partial charge in [0.1, 0.15) is 4.21 Å². The van der Waals surface area contributed by atoms with Crippen LogP contribution in [0, 0.1) is 6.92 Å². The van der Waals surface area contributed by atoms with Gasteiger partial charge in [-0.15, -0.1) is 11.3 Å². The summed E-state index contributed by atoms with van der Waals surface area (Å²) >= 11 is 1.17. The molecule has 0 saturated heterocycles. The minimum Gasteiger partial charge on any atom is -0.465 e. The fourth-order valence-corrected chi connectivity index (χ4v) is 6.92. The fourth-order valence-electron chi connectivity index (χ4n) is 3.93. The lowest BCUT2D eigenvalue weighted by Crippen LogP contribution is -2.30. The van der Waals surface area contributed by atoms with E-state index in [1.165, 1.54) is 29.6 Å². The number of ether oxygens (including phenoxy) is 1. The number of rotatable bonds is 7. The first-order valence-corrected chi connectivity index (χ1v) is 12.7. The number of thiophene rings is 1. The van der Waals surface area contributed by atoms with E-state index in [1.54, 1.807) is 0 Å². The van der Waals surface area contributed by atoms with E-state index in [9.17, 15) is 13.2 Å². The molecule has 0 radical (unpaired) electrons. The van der Waals surface area contributed by atoms with Gasteiger partial charge in [0, 0.05) is 31.1 Å². The lowest BCUT2D eigenvalue weighted by molar-refractivity contribution is 0.0595. The van der Waals surface area contributed by atoms with Gasteiger partial charge < -0.3 is 4.74 Å². The average Bonchev–Trinajstić information content (AvgIpc) is 3.19. The van der Waals surface area contributed by atoms with E-state index in [0.29, 0.717) is 13.0 Å². The first-order valence-electron chi connectivity index (χ1n) is 10.4. The van der Waals surface area contributed by atoms with E-state index >= 15 is 0 Å². The summed E-state index contributed by atoms with van der Waals surface area (Å²) in [5.74, 6) is -0.602. The molecule has 6 nitrogen and oxygen atoms in total. The highest BCUT2D eigenvalue weighted by atomic mass is 32.2. The van der Waals surface area contributed by atoms with Crippen molar-refractivity contribution < 1.29 is 17.9 Å². The molecule has 2 heterocycles.